The molecule has 2 aromatic rings. The Bertz CT molecular complexity index is 521. The van der Waals surface area contributed by atoms with Gasteiger partial charge in [0.15, 0.2) is 0 Å². The van der Waals surface area contributed by atoms with Gasteiger partial charge in [0.25, 0.3) is 0 Å². The molecule has 2 rings (SSSR count). The van der Waals surface area contributed by atoms with Crippen LogP contribution in [0, 0.1) is 0 Å². The Morgan fingerprint density at radius 2 is 1.79 bits per heavy atom. The quantitative estimate of drug-likeness (QED) is 0.866. The highest BCUT2D eigenvalue weighted by atomic mass is 16.5. The molecule has 19 heavy (non-hydrogen) atoms. The summed E-state index contributed by atoms with van der Waals surface area (Å²) in [5.74, 6) is 1.13. The lowest BCUT2D eigenvalue weighted by molar-refractivity contribution is 0.302. The van der Waals surface area contributed by atoms with Gasteiger partial charge >= 0.3 is 0 Å². The fourth-order valence-corrected chi connectivity index (χ4v) is 1.91. The van der Waals surface area contributed by atoms with Crippen LogP contribution >= 0.6 is 0 Å². The van der Waals surface area contributed by atoms with Crippen LogP contribution in [0.4, 0.5) is 0 Å². The average Bonchev–Trinajstić information content (AvgIpc) is 2.39. The Hall–Kier alpha value is -2.00. The Morgan fingerprint density at radius 3 is 2.47 bits per heavy atom. The fraction of sp³-hybridized carbons (Fsp3) is 0.250. The first kappa shape index (κ1) is 13.4. The van der Waals surface area contributed by atoms with Gasteiger partial charge in [0.2, 0.25) is 0 Å². The number of nitrogens with two attached hydrogens (primary N) is 1. The molecule has 0 saturated carbocycles. The number of para-hydroxylation sites is 1. The van der Waals surface area contributed by atoms with Gasteiger partial charge in [0.1, 0.15) is 18.1 Å². The van der Waals surface area contributed by atoms with Crippen molar-refractivity contribution in [2.24, 2.45) is 5.73 Å². The van der Waals surface area contributed by atoms with E-state index in [1.165, 1.54) is 0 Å². The summed E-state index contributed by atoms with van der Waals surface area (Å²) >= 11 is 0. The molecule has 0 bridgehead atoms. The lowest BCUT2D eigenvalue weighted by Gasteiger charge is -2.13. The van der Waals surface area contributed by atoms with E-state index < -0.39 is 0 Å². The lowest BCUT2D eigenvalue weighted by Crippen LogP contribution is -2.18. The van der Waals surface area contributed by atoms with Gasteiger partial charge in [-0.15, -0.1) is 0 Å². The Labute approximate surface area is 113 Å². The van der Waals surface area contributed by atoms with Crippen LogP contribution in [0.15, 0.2) is 48.5 Å². The molecule has 3 nitrogen and oxygen atoms in total. The number of rotatable bonds is 5. The van der Waals surface area contributed by atoms with E-state index in [2.05, 4.69) is 0 Å². The monoisotopic (exact) mass is 257 g/mol. The molecule has 3 heteroatoms. The van der Waals surface area contributed by atoms with E-state index in [-0.39, 0.29) is 11.8 Å². The summed E-state index contributed by atoms with van der Waals surface area (Å²) in [6, 6.07) is 15.1. The first-order valence-corrected chi connectivity index (χ1v) is 6.39. The van der Waals surface area contributed by atoms with Crippen LogP contribution in [0.3, 0.4) is 0 Å². The molecule has 0 heterocycles. The molecule has 3 N–H and O–H groups in total. The van der Waals surface area contributed by atoms with Crippen molar-refractivity contribution in [3.8, 4) is 11.5 Å². The van der Waals surface area contributed by atoms with Gasteiger partial charge in [0.05, 0.1) is 0 Å². The molecule has 0 aliphatic heterocycles. The summed E-state index contributed by atoms with van der Waals surface area (Å²) in [5, 5.41) is 9.23. The molecule has 0 aliphatic rings. The predicted molar refractivity (Wildman–Crippen MR) is 76.2 cm³/mol. The van der Waals surface area contributed by atoms with Crippen molar-refractivity contribution in [2.75, 3.05) is 0 Å². The van der Waals surface area contributed by atoms with E-state index in [0.29, 0.717) is 6.61 Å². The highest BCUT2D eigenvalue weighted by molar-refractivity contribution is 5.34. The number of benzene rings is 2. The number of ether oxygens (including phenoxy) is 1. The summed E-state index contributed by atoms with van der Waals surface area (Å²) in [5.41, 5.74) is 7.98. The number of hydrogen-bond acceptors (Lipinski definition) is 3. The second-order valence-electron chi connectivity index (χ2n) is 4.74. The summed E-state index contributed by atoms with van der Waals surface area (Å²) in [6.45, 7) is 2.47. The van der Waals surface area contributed by atoms with Crippen molar-refractivity contribution in [3.63, 3.8) is 0 Å². The second-order valence-corrected chi connectivity index (χ2v) is 4.74. The minimum atomic E-state index is 0.110. The van der Waals surface area contributed by atoms with Crippen molar-refractivity contribution in [2.45, 2.75) is 26.0 Å². The maximum Gasteiger partial charge on any atom is 0.123 e. The molecule has 0 spiro atoms. The van der Waals surface area contributed by atoms with E-state index in [1.807, 2.05) is 43.3 Å². The average molecular weight is 257 g/mol. The summed E-state index contributed by atoms with van der Waals surface area (Å²) in [4.78, 5) is 0. The summed E-state index contributed by atoms with van der Waals surface area (Å²) in [6.07, 6.45) is 0.797. The third kappa shape index (κ3) is 4.00. The van der Waals surface area contributed by atoms with Gasteiger partial charge in [-0.3, -0.25) is 0 Å². The SMILES string of the molecule is CC(N)Cc1ccccc1OCc1ccc(O)cc1. The van der Waals surface area contributed by atoms with Crippen molar-refractivity contribution in [3.05, 3.63) is 59.7 Å². The minimum Gasteiger partial charge on any atom is -0.508 e. The van der Waals surface area contributed by atoms with E-state index >= 15 is 0 Å². The number of hydrogen-bond donors (Lipinski definition) is 2. The minimum absolute atomic E-state index is 0.110. The summed E-state index contributed by atoms with van der Waals surface area (Å²) < 4.78 is 5.83. The molecule has 100 valence electrons. The van der Waals surface area contributed by atoms with Gasteiger partial charge in [-0.25, -0.2) is 0 Å². The number of phenolic OH excluding ortho intramolecular Hbond substituents is 1. The van der Waals surface area contributed by atoms with Crippen molar-refractivity contribution in [1.29, 1.82) is 0 Å². The van der Waals surface area contributed by atoms with Crippen LogP contribution in [-0.2, 0) is 13.0 Å². The molecule has 0 radical (unpaired) electrons. The van der Waals surface area contributed by atoms with Crippen molar-refractivity contribution < 1.29 is 9.84 Å². The lowest BCUT2D eigenvalue weighted by atomic mass is 10.1. The van der Waals surface area contributed by atoms with Crippen LogP contribution < -0.4 is 10.5 Å². The Balaban J connectivity index is 2.04. The molecular formula is C16H19NO2. The highest BCUT2D eigenvalue weighted by Crippen LogP contribution is 2.21. The highest BCUT2D eigenvalue weighted by Gasteiger charge is 2.05. The Kier molecular flexibility index (Phi) is 4.42. The topological polar surface area (TPSA) is 55.5 Å². The fourth-order valence-electron chi connectivity index (χ4n) is 1.91. The molecule has 0 saturated heterocycles. The molecule has 1 atom stereocenters. The zero-order valence-electron chi connectivity index (χ0n) is 11.0. The maximum atomic E-state index is 9.23. The summed E-state index contributed by atoms with van der Waals surface area (Å²) in [7, 11) is 0. The molecule has 0 fully saturated rings. The predicted octanol–water partition coefficient (Wildman–Crippen LogP) is 2.86. The molecule has 0 aliphatic carbocycles. The molecule has 0 aromatic heterocycles. The standard InChI is InChI=1S/C16H19NO2/c1-12(17)10-14-4-2-3-5-16(14)19-11-13-6-8-15(18)9-7-13/h2-9,12,18H,10-11,17H2,1H3. The molecular weight excluding hydrogens is 238 g/mol. The largest absolute Gasteiger partial charge is 0.508 e. The van der Waals surface area contributed by atoms with E-state index in [4.69, 9.17) is 10.5 Å². The van der Waals surface area contributed by atoms with E-state index in [1.54, 1.807) is 12.1 Å². The van der Waals surface area contributed by atoms with Crippen LogP contribution in [0.1, 0.15) is 18.1 Å². The van der Waals surface area contributed by atoms with Crippen LogP contribution in [0.25, 0.3) is 0 Å². The van der Waals surface area contributed by atoms with Crippen molar-refractivity contribution >= 4 is 0 Å². The Morgan fingerprint density at radius 1 is 1.11 bits per heavy atom. The molecule has 0 amide bonds. The smallest absolute Gasteiger partial charge is 0.123 e. The molecule has 2 aromatic carbocycles. The van der Waals surface area contributed by atoms with E-state index in [9.17, 15) is 5.11 Å². The first-order chi connectivity index (χ1) is 9.15. The normalized spacial score (nSPS) is 12.1. The van der Waals surface area contributed by atoms with Crippen LogP contribution in [0.5, 0.6) is 11.5 Å². The van der Waals surface area contributed by atoms with Gasteiger partial charge in [0, 0.05) is 6.04 Å². The van der Waals surface area contributed by atoms with Crippen molar-refractivity contribution in [1.82, 2.24) is 0 Å². The van der Waals surface area contributed by atoms with Crippen LogP contribution in [-0.4, -0.2) is 11.1 Å². The first-order valence-electron chi connectivity index (χ1n) is 6.39. The third-order valence-corrected chi connectivity index (χ3v) is 2.85. The molecule has 1 unspecified atom stereocenters. The van der Waals surface area contributed by atoms with Gasteiger partial charge in [-0.2, -0.15) is 0 Å². The van der Waals surface area contributed by atoms with Gasteiger partial charge < -0.3 is 15.6 Å². The zero-order chi connectivity index (χ0) is 13.7. The van der Waals surface area contributed by atoms with Gasteiger partial charge in [-0.1, -0.05) is 30.3 Å². The van der Waals surface area contributed by atoms with E-state index in [0.717, 1.165) is 23.3 Å². The van der Waals surface area contributed by atoms with Gasteiger partial charge in [-0.05, 0) is 42.7 Å². The second kappa shape index (κ2) is 6.25. The van der Waals surface area contributed by atoms with Crippen LogP contribution in [0.2, 0.25) is 0 Å². The third-order valence-electron chi connectivity index (χ3n) is 2.85. The maximum absolute atomic E-state index is 9.23. The number of phenols is 1. The number of aromatic hydroxyl groups is 1. The zero-order valence-corrected chi connectivity index (χ0v) is 11.0.